The molecule has 8 heteroatoms. The fourth-order valence-electron chi connectivity index (χ4n) is 3.40. The minimum Gasteiger partial charge on any atom is -0.492 e. The molecule has 30 heavy (non-hydrogen) atoms. The summed E-state index contributed by atoms with van der Waals surface area (Å²) in [5, 5.41) is 3.42. The van der Waals surface area contributed by atoms with Crippen molar-refractivity contribution in [2.24, 2.45) is 10.9 Å². The maximum absolute atomic E-state index is 5.92. The molecule has 1 atom stereocenters. The Hall–Kier alpha value is -1.10. The van der Waals surface area contributed by atoms with Gasteiger partial charge in [0.1, 0.15) is 12.4 Å². The summed E-state index contributed by atoms with van der Waals surface area (Å²) >= 11 is 0. The van der Waals surface area contributed by atoms with E-state index in [1.54, 1.807) is 14.2 Å². The molecule has 1 aromatic carbocycles. The van der Waals surface area contributed by atoms with Gasteiger partial charge in [-0.3, -0.25) is 0 Å². The number of hydrogen-bond acceptors (Lipinski definition) is 5. The van der Waals surface area contributed by atoms with Gasteiger partial charge in [0, 0.05) is 52.9 Å². The van der Waals surface area contributed by atoms with Crippen LogP contribution in [0, 0.1) is 5.92 Å². The first-order chi connectivity index (χ1) is 14.2. The fraction of sp³-hybridized carbons (Fsp3) is 0.682. The monoisotopic (exact) mass is 534 g/mol. The summed E-state index contributed by atoms with van der Waals surface area (Å²) in [6.45, 7) is 9.62. The summed E-state index contributed by atoms with van der Waals surface area (Å²) in [6, 6.07) is 8.22. The van der Waals surface area contributed by atoms with Crippen LogP contribution in [0.15, 0.2) is 29.3 Å². The van der Waals surface area contributed by atoms with Crippen LogP contribution in [0.5, 0.6) is 5.75 Å². The Morgan fingerprint density at radius 3 is 2.77 bits per heavy atom. The molecule has 1 N–H and O–H groups in total. The summed E-state index contributed by atoms with van der Waals surface area (Å²) in [4.78, 5) is 9.39. The maximum atomic E-state index is 5.92. The molecule has 0 saturated carbocycles. The molecule has 0 radical (unpaired) electrons. The van der Waals surface area contributed by atoms with Crippen molar-refractivity contribution < 1.29 is 14.2 Å². The maximum Gasteiger partial charge on any atom is 0.194 e. The van der Waals surface area contributed by atoms with E-state index < -0.39 is 0 Å². The minimum atomic E-state index is 0. The predicted molar refractivity (Wildman–Crippen MR) is 133 cm³/mol. The van der Waals surface area contributed by atoms with E-state index in [9.17, 15) is 0 Å². The smallest absolute Gasteiger partial charge is 0.194 e. The van der Waals surface area contributed by atoms with Crippen molar-refractivity contribution >= 4 is 29.9 Å². The molecule has 0 bridgehead atoms. The van der Waals surface area contributed by atoms with Crippen molar-refractivity contribution in [2.45, 2.75) is 19.9 Å². The number of likely N-dealkylation sites (N-methyl/N-ethyl adjacent to an activating group) is 1. The van der Waals surface area contributed by atoms with Gasteiger partial charge in [0.15, 0.2) is 5.96 Å². The van der Waals surface area contributed by atoms with Gasteiger partial charge in [-0.05, 0) is 38.1 Å². The lowest BCUT2D eigenvalue weighted by atomic mass is 10.1. The first-order valence-electron chi connectivity index (χ1n) is 10.6. The zero-order valence-corrected chi connectivity index (χ0v) is 21.3. The van der Waals surface area contributed by atoms with Crippen molar-refractivity contribution in [3.63, 3.8) is 0 Å². The predicted octanol–water partition coefficient (Wildman–Crippen LogP) is 2.70. The minimum absolute atomic E-state index is 0. The SMILES string of the molecule is CCNC(=NCc1cccc(OCCN(C)CCOC)c1)N1CCC(COC)C1.I. The van der Waals surface area contributed by atoms with Crippen LogP contribution >= 0.6 is 24.0 Å². The molecule has 0 aromatic heterocycles. The van der Waals surface area contributed by atoms with E-state index in [1.165, 1.54) is 0 Å². The fourth-order valence-corrected chi connectivity index (χ4v) is 3.40. The molecule has 0 spiro atoms. The van der Waals surface area contributed by atoms with Crippen molar-refractivity contribution in [2.75, 3.05) is 73.8 Å². The topological polar surface area (TPSA) is 58.6 Å². The van der Waals surface area contributed by atoms with Gasteiger partial charge in [0.05, 0.1) is 19.8 Å². The number of benzene rings is 1. The number of ether oxygens (including phenoxy) is 3. The molecule has 0 aliphatic carbocycles. The summed E-state index contributed by atoms with van der Waals surface area (Å²) in [7, 11) is 5.57. The van der Waals surface area contributed by atoms with Crippen molar-refractivity contribution in [3.05, 3.63) is 29.8 Å². The Labute approximate surface area is 199 Å². The van der Waals surface area contributed by atoms with Crippen LogP contribution in [0.2, 0.25) is 0 Å². The lowest BCUT2D eigenvalue weighted by molar-refractivity contribution is 0.150. The Bertz CT molecular complexity index is 618. The van der Waals surface area contributed by atoms with Crippen molar-refractivity contribution in [1.82, 2.24) is 15.1 Å². The van der Waals surface area contributed by atoms with E-state index in [0.717, 1.165) is 69.6 Å². The molecule has 1 aliphatic heterocycles. The van der Waals surface area contributed by atoms with Gasteiger partial charge in [-0.1, -0.05) is 12.1 Å². The standard InChI is InChI=1S/C22H38N4O3.HI/c1-5-23-22(26-10-9-20(17-26)18-28-4)24-16-19-7-6-8-21(15-19)29-14-12-25(2)11-13-27-3;/h6-8,15,20H,5,9-14,16-18H2,1-4H3,(H,23,24);1H. The molecule has 1 aromatic rings. The lowest BCUT2D eigenvalue weighted by Gasteiger charge is -2.21. The number of nitrogens with one attached hydrogen (secondary N) is 1. The number of aliphatic imine (C=N–C) groups is 1. The molecule has 1 aliphatic rings. The van der Waals surface area contributed by atoms with Crippen LogP contribution in [0.3, 0.4) is 0 Å². The van der Waals surface area contributed by atoms with E-state index in [-0.39, 0.29) is 24.0 Å². The quantitative estimate of drug-likeness (QED) is 0.253. The van der Waals surface area contributed by atoms with Gasteiger partial charge in [0.25, 0.3) is 0 Å². The Kier molecular flexibility index (Phi) is 14.1. The summed E-state index contributed by atoms with van der Waals surface area (Å²) in [5.74, 6) is 2.46. The van der Waals surface area contributed by atoms with Crippen molar-refractivity contribution in [1.29, 1.82) is 0 Å². The van der Waals surface area contributed by atoms with Crippen LogP contribution in [-0.2, 0) is 16.0 Å². The summed E-state index contributed by atoms with van der Waals surface area (Å²) in [6.07, 6.45) is 1.15. The lowest BCUT2D eigenvalue weighted by Crippen LogP contribution is -2.40. The highest BCUT2D eigenvalue weighted by Gasteiger charge is 2.24. The van der Waals surface area contributed by atoms with Gasteiger partial charge in [-0.2, -0.15) is 0 Å². The van der Waals surface area contributed by atoms with Crippen LogP contribution < -0.4 is 10.1 Å². The summed E-state index contributed by atoms with van der Waals surface area (Å²) < 4.78 is 16.3. The first kappa shape index (κ1) is 26.9. The van der Waals surface area contributed by atoms with Gasteiger partial charge in [-0.15, -0.1) is 24.0 Å². The third-order valence-electron chi connectivity index (χ3n) is 5.05. The van der Waals surface area contributed by atoms with Gasteiger partial charge < -0.3 is 29.3 Å². The third-order valence-corrected chi connectivity index (χ3v) is 5.05. The Balaban J connectivity index is 0.00000450. The highest BCUT2D eigenvalue weighted by atomic mass is 127. The summed E-state index contributed by atoms with van der Waals surface area (Å²) in [5.41, 5.74) is 1.15. The number of halogens is 1. The molecule has 1 fully saturated rings. The molecule has 2 rings (SSSR count). The Morgan fingerprint density at radius 2 is 2.03 bits per heavy atom. The van der Waals surface area contributed by atoms with Gasteiger partial charge in [0.2, 0.25) is 0 Å². The zero-order chi connectivity index (χ0) is 20.9. The second kappa shape index (κ2) is 15.7. The number of guanidine groups is 1. The molecular weight excluding hydrogens is 495 g/mol. The van der Waals surface area contributed by atoms with Crippen LogP contribution in [0.4, 0.5) is 0 Å². The highest BCUT2D eigenvalue weighted by molar-refractivity contribution is 14.0. The molecule has 1 heterocycles. The third kappa shape index (κ3) is 9.80. The van der Waals surface area contributed by atoms with E-state index in [4.69, 9.17) is 19.2 Å². The van der Waals surface area contributed by atoms with E-state index in [0.29, 0.717) is 19.1 Å². The highest BCUT2D eigenvalue weighted by Crippen LogP contribution is 2.18. The second-order valence-corrected chi connectivity index (χ2v) is 7.52. The van der Waals surface area contributed by atoms with Crippen LogP contribution in [-0.4, -0.2) is 89.6 Å². The normalized spacial score (nSPS) is 16.6. The van der Waals surface area contributed by atoms with Crippen LogP contribution in [0.25, 0.3) is 0 Å². The average molecular weight is 534 g/mol. The number of hydrogen-bond donors (Lipinski definition) is 1. The second-order valence-electron chi connectivity index (χ2n) is 7.52. The van der Waals surface area contributed by atoms with E-state index in [2.05, 4.69) is 41.2 Å². The largest absolute Gasteiger partial charge is 0.492 e. The van der Waals surface area contributed by atoms with Gasteiger partial charge >= 0.3 is 0 Å². The number of nitrogens with zero attached hydrogens (tertiary/aromatic N) is 3. The molecule has 1 saturated heterocycles. The zero-order valence-electron chi connectivity index (χ0n) is 18.9. The van der Waals surface area contributed by atoms with E-state index in [1.807, 2.05) is 12.1 Å². The molecular formula is C22H39IN4O3. The molecule has 0 amide bonds. The van der Waals surface area contributed by atoms with Crippen LogP contribution in [0.1, 0.15) is 18.9 Å². The molecule has 1 unspecified atom stereocenters. The van der Waals surface area contributed by atoms with Gasteiger partial charge in [-0.25, -0.2) is 4.99 Å². The Morgan fingerprint density at radius 1 is 1.23 bits per heavy atom. The number of methoxy groups -OCH3 is 2. The first-order valence-corrected chi connectivity index (χ1v) is 10.6. The van der Waals surface area contributed by atoms with Crippen molar-refractivity contribution in [3.8, 4) is 5.75 Å². The number of rotatable bonds is 12. The molecule has 7 nitrogen and oxygen atoms in total. The average Bonchev–Trinajstić information content (AvgIpc) is 3.18. The molecule has 172 valence electrons. The number of likely N-dealkylation sites (tertiary alicyclic amines) is 1. The van der Waals surface area contributed by atoms with E-state index >= 15 is 0 Å².